The number of aliphatic hydroxyl groups is 1. The minimum Gasteiger partial charge on any atom is -0.476 e. The zero-order chi connectivity index (χ0) is 15.2. The lowest BCUT2D eigenvalue weighted by Gasteiger charge is -2.39. The number of aromatic nitrogens is 3. The van der Waals surface area contributed by atoms with E-state index in [1.165, 1.54) is 6.20 Å². The van der Waals surface area contributed by atoms with Crippen LogP contribution < -0.4 is 0 Å². The number of aliphatic hydroxyl groups excluding tert-OH is 1. The van der Waals surface area contributed by atoms with Gasteiger partial charge in [0.1, 0.15) is 0 Å². The molecule has 1 saturated heterocycles. The number of likely N-dealkylation sites (tertiary alicyclic amines) is 1. The van der Waals surface area contributed by atoms with E-state index in [0.29, 0.717) is 19.8 Å². The third-order valence-electron chi connectivity index (χ3n) is 3.46. The van der Waals surface area contributed by atoms with Crippen molar-refractivity contribution in [3.8, 4) is 0 Å². The highest BCUT2D eigenvalue weighted by atomic mass is 16.5. The van der Waals surface area contributed by atoms with Crippen LogP contribution in [-0.4, -0.2) is 75.0 Å². The van der Waals surface area contributed by atoms with Gasteiger partial charge in [0.05, 0.1) is 24.9 Å². The van der Waals surface area contributed by atoms with Crippen molar-refractivity contribution in [1.29, 1.82) is 0 Å². The number of carboxylic acid groups (broad SMARTS) is 1. The van der Waals surface area contributed by atoms with E-state index in [9.17, 15) is 9.90 Å². The van der Waals surface area contributed by atoms with Crippen molar-refractivity contribution in [3.63, 3.8) is 0 Å². The minimum atomic E-state index is -1.07. The number of carboxylic acids is 1. The van der Waals surface area contributed by atoms with E-state index in [0.717, 1.165) is 25.9 Å². The average Bonchev–Trinajstić information content (AvgIpc) is 2.88. The number of unbranched alkanes of at least 4 members (excludes halogenated alkanes) is 1. The molecule has 1 aromatic heterocycles. The smallest absolute Gasteiger partial charge is 0.358 e. The highest BCUT2D eigenvalue weighted by Gasteiger charge is 2.30. The Kier molecular flexibility index (Phi) is 5.66. The van der Waals surface area contributed by atoms with E-state index in [-0.39, 0.29) is 11.7 Å². The zero-order valence-corrected chi connectivity index (χ0v) is 12.2. The van der Waals surface area contributed by atoms with Gasteiger partial charge in [-0.05, 0) is 6.42 Å². The van der Waals surface area contributed by atoms with Crippen molar-refractivity contribution < 1.29 is 19.7 Å². The number of hydrogen-bond acceptors (Lipinski definition) is 6. The Bertz CT molecular complexity index is 459. The molecule has 0 aromatic carbocycles. The molecule has 0 saturated carbocycles. The van der Waals surface area contributed by atoms with Crippen LogP contribution in [0.3, 0.4) is 0 Å². The molecule has 0 aliphatic carbocycles. The summed E-state index contributed by atoms with van der Waals surface area (Å²) in [6, 6.07) is 0.124. The molecule has 2 heterocycles. The van der Waals surface area contributed by atoms with E-state index in [4.69, 9.17) is 9.84 Å². The molecule has 8 nitrogen and oxygen atoms in total. The molecule has 0 spiro atoms. The standard InChI is InChI=1S/C13H22N4O4/c1-2-3-4-21-9-11(18)7-16-5-10(6-16)17-8-12(13(19)20)14-15-17/h8,10-11,18H,2-7,9H2,1H3,(H,19,20). The van der Waals surface area contributed by atoms with Crippen LogP contribution in [0.15, 0.2) is 6.20 Å². The van der Waals surface area contributed by atoms with Crippen molar-refractivity contribution in [2.24, 2.45) is 0 Å². The molecule has 1 fully saturated rings. The van der Waals surface area contributed by atoms with Crippen LogP contribution in [0.1, 0.15) is 36.3 Å². The summed E-state index contributed by atoms with van der Waals surface area (Å²) >= 11 is 0. The van der Waals surface area contributed by atoms with Gasteiger partial charge in [-0.1, -0.05) is 18.6 Å². The van der Waals surface area contributed by atoms with Crippen molar-refractivity contribution in [2.45, 2.75) is 31.9 Å². The Morgan fingerprint density at radius 2 is 2.33 bits per heavy atom. The molecule has 8 heteroatoms. The average molecular weight is 298 g/mol. The fourth-order valence-corrected chi connectivity index (χ4v) is 2.23. The first kappa shape index (κ1) is 15.9. The largest absolute Gasteiger partial charge is 0.476 e. The van der Waals surface area contributed by atoms with Gasteiger partial charge in [-0.2, -0.15) is 0 Å². The summed E-state index contributed by atoms with van der Waals surface area (Å²) in [5, 5.41) is 26.0. The van der Waals surface area contributed by atoms with Gasteiger partial charge in [0.15, 0.2) is 5.69 Å². The second kappa shape index (κ2) is 7.48. The molecular weight excluding hydrogens is 276 g/mol. The van der Waals surface area contributed by atoms with Crippen LogP contribution in [0, 0.1) is 0 Å². The van der Waals surface area contributed by atoms with E-state index in [1.54, 1.807) is 4.68 Å². The Balaban J connectivity index is 1.65. The molecule has 1 aromatic rings. The van der Waals surface area contributed by atoms with Gasteiger partial charge in [-0.25, -0.2) is 9.48 Å². The Hall–Kier alpha value is -1.51. The maximum absolute atomic E-state index is 10.7. The maximum Gasteiger partial charge on any atom is 0.358 e. The molecule has 1 atom stereocenters. The lowest BCUT2D eigenvalue weighted by molar-refractivity contribution is -0.00950. The van der Waals surface area contributed by atoms with Crippen LogP contribution in [0.25, 0.3) is 0 Å². The first-order valence-electron chi connectivity index (χ1n) is 7.23. The maximum atomic E-state index is 10.7. The van der Waals surface area contributed by atoms with Gasteiger partial charge < -0.3 is 14.9 Å². The SMILES string of the molecule is CCCCOCC(O)CN1CC(n2cc(C(=O)O)nn2)C1. The van der Waals surface area contributed by atoms with Crippen molar-refractivity contribution >= 4 is 5.97 Å². The first-order chi connectivity index (χ1) is 10.1. The van der Waals surface area contributed by atoms with Crippen LogP contribution >= 0.6 is 0 Å². The predicted octanol–water partition coefficient (Wildman–Crippen LogP) is 0.0106. The third kappa shape index (κ3) is 4.48. The van der Waals surface area contributed by atoms with E-state index in [2.05, 4.69) is 22.1 Å². The zero-order valence-electron chi connectivity index (χ0n) is 12.2. The molecule has 21 heavy (non-hydrogen) atoms. The van der Waals surface area contributed by atoms with Crippen LogP contribution in [0.4, 0.5) is 0 Å². The summed E-state index contributed by atoms with van der Waals surface area (Å²) in [4.78, 5) is 12.8. The summed E-state index contributed by atoms with van der Waals surface area (Å²) in [5.41, 5.74) is -0.0437. The summed E-state index contributed by atoms with van der Waals surface area (Å²) < 4.78 is 6.95. The second-order valence-corrected chi connectivity index (χ2v) is 5.34. The predicted molar refractivity (Wildman–Crippen MR) is 74.2 cm³/mol. The molecule has 1 aliphatic rings. The van der Waals surface area contributed by atoms with E-state index >= 15 is 0 Å². The Morgan fingerprint density at radius 1 is 1.57 bits per heavy atom. The van der Waals surface area contributed by atoms with Gasteiger partial charge in [0, 0.05) is 26.2 Å². The summed E-state index contributed by atoms with van der Waals surface area (Å²) in [5.74, 6) is -1.07. The minimum absolute atomic E-state index is 0.0437. The molecule has 1 unspecified atom stereocenters. The molecule has 2 N–H and O–H groups in total. The third-order valence-corrected chi connectivity index (χ3v) is 3.46. The normalized spacial score (nSPS) is 17.6. The highest BCUT2D eigenvalue weighted by Crippen LogP contribution is 2.20. The summed E-state index contributed by atoms with van der Waals surface area (Å²) in [6.45, 7) is 5.16. The van der Waals surface area contributed by atoms with E-state index in [1.807, 2.05) is 0 Å². The molecule has 1 aliphatic heterocycles. The molecule has 0 amide bonds. The van der Waals surface area contributed by atoms with Crippen molar-refractivity contribution in [2.75, 3.05) is 32.8 Å². The highest BCUT2D eigenvalue weighted by molar-refractivity contribution is 5.84. The molecule has 2 rings (SSSR count). The van der Waals surface area contributed by atoms with E-state index < -0.39 is 12.1 Å². The monoisotopic (exact) mass is 298 g/mol. The number of β-amino-alcohol motifs (C(OH)–C–C–N with tert-alkyl or cyclic N) is 1. The fraction of sp³-hybridized carbons (Fsp3) is 0.769. The topological polar surface area (TPSA) is 101 Å². The molecule has 118 valence electrons. The molecule has 0 bridgehead atoms. The van der Waals surface area contributed by atoms with Crippen molar-refractivity contribution in [1.82, 2.24) is 19.9 Å². The number of carbonyl (C=O) groups is 1. The lowest BCUT2D eigenvalue weighted by atomic mass is 10.1. The van der Waals surface area contributed by atoms with Crippen LogP contribution in [0.2, 0.25) is 0 Å². The summed E-state index contributed by atoms with van der Waals surface area (Å²) in [6.07, 6.45) is 3.04. The number of ether oxygens (including phenoxy) is 1. The first-order valence-corrected chi connectivity index (χ1v) is 7.23. The number of nitrogens with zero attached hydrogens (tertiary/aromatic N) is 4. The number of hydrogen-bond donors (Lipinski definition) is 2. The van der Waals surface area contributed by atoms with Gasteiger partial charge in [0.25, 0.3) is 0 Å². The fourth-order valence-electron chi connectivity index (χ4n) is 2.23. The van der Waals surface area contributed by atoms with Crippen LogP contribution in [0.5, 0.6) is 0 Å². The van der Waals surface area contributed by atoms with Gasteiger partial charge in [-0.15, -0.1) is 5.10 Å². The van der Waals surface area contributed by atoms with Crippen LogP contribution in [-0.2, 0) is 4.74 Å². The van der Waals surface area contributed by atoms with Gasteiger partial charge in [0.2, 0.25) is 0 Å². The second-order valence-electron chi connectivity index (χ2n) is 5.34. The van der Waals surface area contributed by atoms with Crippen molar-refractivity contribution in [3.05, 3.63) is 11.9 Å². The number of aromatic carboxylic acids is 1. The van der Waals surface area contributed by atoms with Gasteiger partial charge in [-0.3, -0.25) is 4.90 Å². The number of rotatable bonds is 9. The Labute approximate surface area is 123 Å². The Morgan fingerprint density at radius 3 is 2.95 bits per heavy atom. The molecular formula is C13H22N4O4. The quantitative estimate of drug-likeness (QED) is 0.619. The lowest BCUT2D eigenvalue weighted by Crippen LogP contribution is -2.51. The molecule has 0 radical (unpaired) electrons. The summed E-state index contributed by atoms with van der Waals surface area (Å²) in [7, 11) is 0. The van der Waals surface area contributed by atoms with Gasteiger partial charge >= 0.3 is 5.97 Å².